The summed E-state index contributed by atoms with van der Waals surface area (Å²) in [4.78, 5) is 17.7. The molecule has 2 aromatic rings. The van der Waals surface area contributed by atoms with Crippen molar-refractivity contribution in [3.63, 3.8) is 0 Å². The van der Waals surface area contributed by atoms with Crippen LogP contribution in [-0.4, -0.2) is 58.3 Å². The van der Waals surface area contributed by atoms with Crippen LogP contribution in [0.15, 0.2) is 41.7 Å². The molecule has 0 spiro atoms. The molecular formula is C19H28IN7O2. The summed E-state index contributed by atoms with van der Waals surface area (Å²) in [6.07, 6.45) is 5.09. The number of anilines is 1. The number of guanidine groups is 1. The molecule has 1 aromatic carbocycles. The number of nitro groups is 1. The minimum absolute atomic E-state index is 0. The quantitative estimate of drug-likeness (QED) is 0.148. The number of nitrogens with zero attached hydrogens (tertiary/aromatic N) is 5. The number of hydrogen-bond donors (Lipinski definition) is 2. The normalized spacial score (nSPS) is 16.4. The lowest BCUT2D eigenvalue weighted by molar-refractivity contribution is -0.384. The number of aliphatic imine (C=N–C) groups is 1. The molecule has 29 heavy (non-hydrogen) atoms. The van der Waals surface area contributed by atoms with E-state index in [0.717, 1.165) is 32.0 Å². The van der Waals surface area contributed by atoms with Crippen LogP contribution < -0.4 is 10.6 Å². The summed E-state index contributed by atoms with van der Waals surface area (Å²) < 4.78 is 1.84. The predicted octanol–water partition coefficient (Wildman–Crippen LogP) is 2.81. The summed E-state index contributed by atoms with van der Waals surface area (Å²) >= 11 is 0. The molecule has 0 bridgehead atoms. The van der Waals surface area contributed by atoms with Crippen molar-refractivity contribution in [2.45, 2.75) is 19.3 Å². The van der Waals surface area contributed by atoms with Crippen LogP contribution in [0.4, 0.5) is 11.4 Å². The van der Waals surface area contributed by atoms with E-state index in [1.54, 1.807) is 18.2 Å². The van der Waals surface area contributed by atoms with Gasteiger partial charge in [0.2, 0.25) is 0 Å². The molecule has 0 saturated carbocycles. The van der Waals surface area contributed by atoms with Crippen LogP contribution in [0.2, 0.25) is 0 Å². The van der Waals surface area contributed by atoms with Crippen LogP contribution in [0.1, 0.15) is 24.8 Å². The Morgan fingerprint density at radius 2 is 2.21 bits per heavy atom. The first-order valence-electron chi connectivity index (χ1n) is 9.57. The van der Waals surface area contributed by atoms with E-state index < -0.39 is 0 Å². The number of halogens is 1. The van der Waals surface area contributed by atoms with Crippen molar-refractivity contribution in [2.75, 3.05) is 38.0 Å². The molecule has 1 unspecified atom stereocenters. The molecule has 1 fully saturated rings. The molecule has 1 atom stereocenters. The zero-order valence-electron chi connectivity index (χ0n) is 16.7. The molecule has 158 valence electrons. The van der Waals surface area contributed by atoms with E-state index in [2.05, 4.69) is 33.8 Å². The zero-order chi connectivity index (χ0) is 19.9. The number of nitrogens with one attached hydrogen (secondary N) is 2. The Kier molecular flexibility index (Phi) is 8.68. The van der Waals surface area contributed by atoms with Gasteiger partial charge in [0.1, 0.15) is 5.69 Å². The van der Waals surface area contributed by atoms with E-state index in [1.165, 1.54) is 11.6 Å². The highest BCUT2D eigenvalue weighted by atomic mass is 127. The van der Waals surface area contributed by atoms with E-state index >= 15 is 0 Å². The van der Waals surface area contributed by atoms with Crippen molar-refractivity contribution < 1.29 is 4.92 Å². The maximum Gasteiger partial charge on any atom is 0.292 e. The van der Waals surface area contributed by atoms with E-state index in [4.69, 9.17) is 4.99 Å². The van der Waals surface area contributed by atoms with Crippen molar-refractivity contribution in [1.82, 2.24) is 20.0 Å². The van der Waals surface area contributed by atoms with E-state index in [0.29, 0.717) is 24.7 Å². The van der Waals surface area contributed by atoms with Crippen molar-refractivity contribution in [2.24, 2.45) is 12.0 Å². The maximum atomic E-state index is 11.1. The summed E-state index contributed by atoms with van der Waals surface area (Å²) in [5.74, 6) is 1.35. The van der Waals surface area contributed by atoms with Crippen molar-refractivity contribution >= 4 is 41.3 Å². The number of hydrogen-bond acceptors (Lipinski definition) is 5. The molecule has 3 rings (SSSR count). The summed E-state index contributed by atoms with van der Waals surface area (Å²) in [6.45, 7) is 5.76. The lowest BCUT2D eigenvalue weighted by Crippen LogP contribution is -2.40. The topological polar surface area (TPSA) is 101 Å². The number of benzene rings is 1. The molecule has 1 aromatic heterocycles. The van der Waals surface area contributed by atoms with Crippen molar-refractivity contribution in [1.29, 1.82) is 0 Å². The van der Waals surface area contributed by atoms with Gasteiger partial charge < -0.3 is 15.5 Å². The van der Waals surface area contributed by atoms with Gasteiger partial charge in [0, 0.05) is 51.4 Å². The van der Waals surface area contributed by atoms with Crippen LogP contribution in [0, 0.1) is 10.1 Å². The smallest absolute Gasteiger partial charge is 0.292 e. The first kappa shape index (κ1) is 22.9. The molecule has 0 amide bonds. The minimum Gasteiger partial charge on any atom is -0.378 e. The number of nitro benzene ring substituents is 1. The zero-order valence-corrected chi connectivity index (χ0v) is 19.1. The highest BCUT2D eigenvalue weighted by molar-refractivity contribution is 14.0. The minimum atomic E-state index is -0.377. The first-order valence-corrected chi connectivity index (χ1v) is 9.57. The van der Waals surface area contributed by atoms with Gasteiger partial charge in [-0.1, -0.05) is 12.1 Å². The average molecular weight is 513 g/mol. The number of likely N-dealkylation sites (tertiary alicyclic amines) is 1. The molecule has 0 radical (unpaired) electrons. The van der Waals surface area contributed by atoms with Crippen LogP contribution in [-0.2, 0) is 7.05 Å². The molecule has 2 N–H and O–H groups in total. The van der Waals surface area contributed by atoms with Crippen LogP contribution in [0.5, 0.6) is 0 Å². The number of para-hydroxylation sites is 2. The summed E-state index contributed by atoms with van der Waals surface area (Å²) in [5.41, 5.74) is 1.86. The average Bonchev–Trinajstić information content (AvgIpc) is 3.33. The molecule has 1 aliphatic rings. The van der Waals surface area contributed by atoms with Gasteiger partial charge in [-0.05, 0) is 25.0 Å². The van der Waals surface area contributed by atoms with Gasteiger partial charge in [0.15, 0.2) is 5.96 Å². The fraction of sp³-hybridized carbons (Fsp3) is 0.474. The second-order valence-electron chi connectivity index (χ2n) is 6.82. The van der Waals surface area contributed by atoms with Gasteiger partial charge in [0.05, 0.1) is 17.7 Å². The SMILES string of the molecule is CCNC(=NCCNc1ccccc1[N+](=O)[O-])N1CCC(c2cnn(C)c2)C1.I. The molecule has 1 saturated heterocycles. The molecule has 10 heteroatoms. The Morgan fingerprint density at radius 3 is 2.90 bits per heavy atom. The molecular weight excluding hydrogens is 485 g/mol. The summed E-state index contributed by atoms with van der Waals surface area (Å²) in [6, 6.07) is 6.66. The van der Waals surface area contributed by atoms with Crippen molar-refractivity contribution in [3.05, 3.63) is 52.3 Å². The van der Waals surface area contributed by atoms with Gasteiger partial charge in [-0.25, -0.2) is 0 Å². The highest BCUT2D eigenvalue weighted by Gasteiger charge is 2.26. The Hall–Kier alpha value is -2.37. The number of rotatable bonds is 7. The second-order valence-corrected chi connectivity index (χ2v) is 6.82. The largest absolute Gasteiger partial charge is 0.378 e. The fourth-order valence-corrected chi connectivity index (χ4v) is 3.44. The predicted molar refractivity (Wildman–Crippen MR) is 125 cm³/mol. The molecule has 0 aliphatic carbocycles. The number of aryl methyl sites for hydroxylation is 1. The summed E-state index contributed by atoms with van der Waals surface area (Å²) in [7, 11) is 1.94. The van der Waals surface area contributed by atoms with Gasteiger partial charge in [0.25, 0.3) is 5.69 Å². The first-order chi connectivity index (χ1) is 13.6. The molecule has 1 aliphatic heterocycles. The van der Waals surface area contributed by atoms with Gasteiger partial charge in [-0.3, -0.25) is 19.8 Å². The molecule has 2 heterocycles. The third-order valence-corrected chi connectivity index (χ3v) is 4.81. The monoisotopic (exact) mass is 513 g/mol. The van der Waals surface area contributed by atoms with E-state index in [9.17, 15) is 10.1 Å². The number of aromatic nitrogens is 2. The standard InChI is InChI=1S/C19H27N7O2.HI/c1-3-20-19(25-11-8-15(14-25)16-12-23-24(2)13-16)22-10-9-21-17-6-4-5-7-18(17)26(27)28;/h4-7,12-13,15,21H,3,8-11,14H2,1-2H3,(H,20,22);1H. The Labute approximate surface area is 187 Å². The Morgan fingerprint density at radius 1 is 1.41 bits per heavy atom. The van der Waals surface area contributed by atoms with E-state index in [-0.39, 0.29) is 34.6 Å². The maximum absolute atomic E-state index is 11.1. The van der Waals surface area contributed by atoms with Crippen LogP contribution in [0.3, 0.4) is 0 Å². The van der Waals surface area contributed by atoms with Gasteiger partial charge >= 0.3 is 0 Å². The van der Waals surface area contributed by atoms with Crippen LogP contribution in [0.25, 0.3) is 0 Å². The third kappa shape index (κ3) is 6.05. The Balaban J connectivity index is 0.00000300. The van der Waals surface area contributed by atoms with Gasteiger partial charge in [-0.2, -0.15) is 5.10 Å². The van der Waals surface area contributed by atoms with Gasteiger partial charge in [-0.15, -0.1) is 24.0 Å². The van der Waals surface area contributed by atoms with Crippen LogP contribution >= 0.6 is 24.0 Å². The summed E-state index contributed by atoms with van der Waals surface area (Å²) in [5, 5.41) is 21.8. The highest BCUT2D eigenvalue weighted by Crippen LogP contribution is 2.26. The Bertz CT molecular complexity index is 839. The molecule has 9 nitrogen and oxygen atoms in total. The lowest BCUT2D eigenvalue weighted by atomic mass is 10.0. The fourth-order valence-electron chi connectivity index (χ4n) is 3.44. The van der Waals surface area contributed by atoms with E-state index in [1.807, 2.05) is 17.9 Å². The lowest BCUT2D eigenvalue weighted by Gasteiger charge is -2.21. The van der Waals surface area contributed by atoms with Crippen molar-refractivity contribution in [3.8, 4) is 0 Å². The second kappa shape index (κ2) is 11.0. The third-order valence-electron chi connectivity index (χ3n) is 4.81.